The van der Waals surface area contributed by atoms with E-state index in [9.17, 15) is 10.2 Å². The minimum atomic E-state index is 0.103. The molecule has 3 nitrogen and oxygen atoms in total. The van der Waals surface area contributed by atoms with Crippen LogP contribution in [0.4, 0.5) is 0 Å². The van der Waals surface area contributed by atoms with E-state index in [0.29, 0.717) is 11.3 Å². The van der Waals surface area contributed by atoms with Crippen LogP contribution in [0.1, 0.15) is 24.8 Å². The van der Waals surface area contributed by atoms with E-state index in [1.165, 1.54) is 25.3 Å². The van der Waals surface area contributed by atoms with Crippen LogP contribution in [-0.4, -0.2) is 27.8 Å². The normalized spacial score (nSPS) is 17.7. The van der Waals surface area contributed by atoms with Gasteiger partial charge < -0.3 is 15.5 Å². The average molecular weight is 253 g/mol. The summed E-state index contributed by atoms with van der Waals surface area (Å²) in [5.74, 6) is 0.259. The van der Waals surface area contributed by atoms with E-state index in [2.05, 4.69) is 11.6 Å². The smallest absolute Gasteiger partial charge is 0.123 e. The van der Waals surface area contributed by atoms with Crippen LogP contribution in [0.3, 0.4) is 0 Å². The van der Waals surface area contributed by atoms with Gasteiger partial charge in [0.15, 0.2) is 0 Å². The van der Waals surface area contributed by atoms with Gasteiger partial charge >= 0.3 is 0 Å². The third-order valence-electron chi connectivity index (χ3n) is 3.53. The minimum absolute atomic E-state index is 0.103. The molecule has 1 fully saturated rings. The Morgan fingerprint density at radius 1 is 1.35 bits per heavy atom. The van der Waals surface area contributed by atoms with Crippen LogP contribution in [0.5, 0.6) is 11.5 Å². The number of benzene rings is 1. The van der Waals surface area contributed by atoms with Crippen molar-refractivity contribution in [2.45, 2.75) is 30.6 Å². The Hall–Kier alpha value is -0.870. The Morgan fingerprint density at radius 3 is 2.65 bits per heavy atom. The van der Waals surface area contributed by atoms with Crippen LogP contribution >= 0.6 is 11.8 Å². The highest BCUT2D eigenvalue weighted by Crippen LogP contribution is 2.42. The molecule has 0 aromatic heterocycles. The van der Waals surface area contributed by atoms with Crippen LogP contribution in [0.25, 0.3) is 0 Å². The first kappa shape index (κ1) is 12.6. The number of phenolic OH excluding ortho intramolecular Hbond substituents is 2. The van der Waals surface area contributed by atoms with E-state index >= 15 is 0 Å². The molecule has 0 radical (unpaired) electrons. The Labute approximate surface area is 106 Å². The molecular formula is C13H19NO2S. The minimum Gasteiger partial charge on any atom is -0.508 e. The summed E-state index contributed by atoms with van der Waals surface area (Å²) in [5, 5.41) is 22.2. The number of hydrogen-bond donors (Lipinski definition) is 3. The number of rotatable bonds is 5. The highest BCUT2D eigenvalue weighted by atomic mass is 32.2. The predicted octanol–water partition coefficient (Wildman–Crippen LogP) is 2.47. The average Bonchev–Trinajstić information content (AvgIpc) is 2.25. The summed E-state index contributed by atoms with van der Waals surface area (Å²) >= 11 is 1.94. The maximum atomic E-state index is 9.64. The fourth-order valence-corrected chi connectivity index (χ4v) is 3.09. The first-order valence-electron chi connectivity index (χ1n) is 5.92. The molecular weight excluding hydrogens is 234 g/mol. The maximum Gasteiger partial charge on any atom is 0.123 e. The third kappa shape index (κ3) is 2.87. The number of thioether (sulfide) groups is 1. The Balaban J connectivity index is 1.85. The van der Waals surface area contributed by atoms with Crippen molar-refractivity contribution in [2.24, 2.45) is 0 Å². The summed E-state index contributed by atoms with van der Waals surface area (Å²) in [6, 6.07) is 4.74. The SMILES string of the molecule is CSC1(CNCc2ccc(O)cc2O)CCC1. The summed E-state index contributed by atoms with van der Waals surface area (Å²) in [5.41, 5.74) is 0.832. The van der Waals surface area contributed by atoms with Gasteiger partial charge in [0.25, 0.3) is 0 Å². The van der Waals surface area contributed by atoms with Crippen LogP contribution in [-0.2, 0) is 6.54 Å². The van der Waals surface area contributed by atoms with Gasteiger partial charge in [0.2, 0.25) is 0 Å². The molecule has 0 spiro atoms. The van der Waals surface area contributed by atoms with Crippen molar-refractivity contribution >= 4 is 11.8 Å². The predicted molar refractivity (Wildman–Crippen MR) is 71.6 cm³/mol. The lowest BCUT2D eigenvalue weighted by Crippen LogP contribution is -2.43. The highest BCUT2D eigenvalue weighted by Gasteiger charge is 2.35. The second-order valence-corrected chi connectivity index (χ2v) is 5.93. The number of hydrogen-bond acceptors (Lipinski definition) is 4. The van der Waals surface area contributed by atoms with Crippen LogP contribution in [0.15, 0.2) is 18.2 Å². The van der Waals surface area contributed by atoms with Gasteiger partial charge in [-0.25, -0.2) is 0 Å². The molecule has 1 aliphatic carbocycles. The molecule has 1 saturated carbocycles. The number of nitrogens with one attached hydrogen (secondary N) is 1. The summed E-state index contributed by atoms with van der Waals surface area (Å²) in [7, 11) is 0. The van der Waals surface area contributed by atoms with Crippen molar-refractivity contribution in [1.82, 2.24) is 5.32 Å². The van der Waals surface area contributed by atoms with Crippen molar-refractivity contribution in [1.29, 1.82) is 0 Å². The molecule has 1 aliphatic rings. The van der Waals surface area contributed by atoms with Gasteiger partial charge in [0.1, 0.15) is 11.5 Å². The van der Waals surface area contributed by atoms with E-state index in [4.69, 9.17) is 0 Å². The van der Waals surface area contributed by atoms with Gasteiger partial charge in [-0.05, 0) is 25.2 Å². The van der Waals surface area contributed by atoms with Crippen LogP contribution in [0, 0.1) is 0 Å². The summed E-state index contributed by atoms with van der Waals surface area (Å²) in [6.45, 7) is 1.63. The monoisotopic (exact) mass is 253 g/mol. The van der Waals surface area contributed by atoms with Crippen LogP contribution in [0.2, 0.25) is 0 Å². The van der Waals surface area contributed by atoms with Crippen molar-refractivity contribution in [3.63, 3.8) is 0 Å². The number of phenols is 2. The van der Waals surface area contributed by atoms with E-state index in [1.54, 1.807) is 12.1 Å². The first-order chi connectivity index (χ1) is 8.15. The second-order valence-electron chi connectivity index (χ2n) is 4.66. The Kier molecular flexibility index (Phi) is 3.84. The quantitative estimate of drug-likeness (QED) is 0.754. The fourth-order valence-electron chi connectivity index (χ4n) is 2.15. The van der Waals surface area contributed by atoms with Gasteiger partial charge in [-0.2, -0.15) is 11.8 Å². The molecule has 94 valence electrons. The molecule has 0 amide bonds. The molecule has 0 saturated heterocycles. The standard InChI is InChI=1S/C13H19NO2S/c1-17-13(5-2-6-13)9-14-8-10-3-4-11(15)7-12(10)16/h3-4,7,14-16H,2,5-6,8-9H2,1H3. The van der Waals surface area contributed by atoms with Gasteiger partial charge in [0, 0.05) is 29.5 Å². The van der Waals surface area contributed by atoms with Gasteiger partial charge in [-0.3, -0.25) is 0 Å². The molecule has 1 aromatic rings. The number of aromatic hydroxyl groups is 2. The molecule has 2 rings (SSSR count). The van der Waals surface area contributed by atoms with Gasteiger partial charge in [-0.15, -0.1) is 0 Å². The van der Waals surface area contributed by atoms with Crippen molar-refractivity contribution in [3.8, 4) is 11.5 Å². The highest BCUT2D eigenvalue weighted by molar-refractivity contribution is 8.00. The third-order valence-corrected chi connectivity index (χ3v) is 4.95. The molecule has 0 atom stereocenters. The van der Waals surface area contributed by atoms with Crippen molar-refractivity contribution in [3.05, 3.63) is 23.8 Å². The van der Waals surface area contributed by atoms with E-state index in [-0.39, 0.29) is 11.5 Å². The topological polar surface area (TPSA) is 52.5 Å². The van der Waals surface area contributed by atoms with Gasteiger partial charge in [0.05, 0.1) is 0 Å². The second kappa shape index (κ2) is 5.19. The fraction of sp³-hybridized carbons (Fsp3) is 0.538. The molecule has 0 aliphatic heterocycles. The molecule has 0 unspecified atom stereocenters. The van der Waals surface area contributed by atoms with E-state index < -0.39 is 0 Å². The summed E-state index contributed by atoms with van der Waals surface area (Å²) < 4.78 is 0.409. The van der Waals surface area contributed by atoms with Crippen LogP contribution < -0.4 is 5.32 Å². The molecule has 1 aromatic carbocycles. The van der Waals surface area contributed by atoms with E-state index in [0.717, 1.165) is 12.1 Å². The zero-order valence-corrected chi connectivity index (χ0v) is 10.9. The maximum absolute atomic E-state index is 9.64. The lowest BCUT2D eigenvalue weighted by molar-refractivity contribution is 0.344. The molecule has 0 heterocycles. The zero-order valence-electron chi connectivity index (χ0n) is 10.1. The first-order valence-corrected chi connectivity index (χ1v) is 7.14. The Morgan fingerprint density at radius 2 is 2.12 bits per heavy atom. The van der Waals surface area contributed by atoms with Gasteiger partial charge in [-0.1, -0.05) is 12.5 Å². The lowest BCUT2D eigenvalue weighted by Gasteiger charge is -2.40. The summed E-state index contributed by atoms with van der Waals surface area (Å²) in [6.07, 6.45) is 6.05. The lowest BCUT2D eigenvalue weighted by atomic mass is 9.84. The molecule has 4 heteroatoms. The van der Waals surface area contributed by atoms with Crippen molar-refractivity contribution in [2.75, 3.05) is 12.8 Å². The summed E-state index contributed by atoms with van der Waals surface area (Å²) in [4.78, 5) is 0. The molecule has 17 heavy (non-hydrogen) atoms. The van der Waals surface area contributed by atoms with E-state index in [1.807, 2.05) is 11.8 Å². The largest absolute Gasteiger partial charge is 0.508 e. The Bertz CT molecular complexity index is 385. The van der Waals surface area contributed by atoms with Crippen molar-refractivity contribution < 1.29 is 10.2 Å². The molecule has 0 bridgehead atoms. The zero-order chi connectivity index (χ0) is 12.3. The molecule has 3 N–H and O–H groups in total.